The number of nitrogens with zero attached hydrogens (tertiary/aromatic N) is 4. The number of carbonyl (C=O) groups is 1. The molecule has 0 bridgehead atoms. The Balaban J connectivity index is 1.70. The van der Waals surface area contributed by atoms with Crippen LogP contribution in [-0.2, 0) is 6.54 Å². The van der Waals surface area contributed by atoms with Crippen LogP contribution in [0.5, 0.6) is 5.75 Å². The number of hydrogen-bond donors (Lipinski definition) is 2. The first-order chi connectivity index (χ1) is 14.1. The van der Waals surface area contributed by atoms with E-state index in [4.69, 9.17) is 10.5 Å². The van der Waals surface area contributed by atoms with Gasteiger partial charge in [0.15, 0.2) is 11.6 Å². The maximum atomic E-state index is 13.4. The maximum absolute atomic E-state index is 13.4. The summed E-state index contributed by atoms with van der Waals surface area (Å²) >= 11 is 0. The number of methoxy groups -OCH3 is 1. The summed E-state index contributed by atoms with van der Waals surface area (Å²) in [5, 5.41) is 8.04. The van der Waals surface area contributed by atoms with Gasteiger partial charge in [-0.25, -0.2) is 9.37 Å². The number of carbonyl (C=O) groups excluding carboxylic acids is 1. The molecule has 0 aliphatic rings. The highest BCUT2D eigenvalue weighted by atomic mass is 19.1. The fourth-order valence-corrected chi connectivity index (χ4v) is 3.00. The van der Waals surface area contributed by atoms with Crippen molar-refractivity contribution in [1.29, 1.82) is 0 Å². The van der Waals surface area contributed by atoms with E-state index in [1.54, 1.807) is 36.5 Å². The highest BCUT2D eigenvalue weighted by Gasteiger charge is 2.15. The van der Waals surface area contributed by atoms with Gasteiger partial charge in [-0.15, -0.1) is 0 Å². The second-order valence-electron chi connectivity index (χ2n) is 6.23. The zero-order valence-corrected chi connectivity index (χ0v) is 15.5. The first-order valence-corrected chi connectivity index (χ1v) is 8.73. The van der Waals surface area contributed by atoms with Gasteiger partial charge in [0.05, 0.1) is 30.6 Å². The van der Waals surface area contributed by atoms with E-state index >= 15 is 0 Å². The molecule has 8 nitrogen and oxygen atoms in total. The van der Waals surface area contributed by atoms with E-state index in [0.717, 1.165) is 5.56 Å². The van der Waals surface area contributed by atoms with Crippen molar-refractivity contribution in [1.82, 2.24) is 19.7 Å². The van der Waals surface area contributed by atoms with Crippen LogP contribution in [0.3, 0.4) is 0 Å². The number of benzene rings is 2. The number of rotatable bonds is 6. The predicted octanol–water partition coefficient (Wildman–Crippen LogP) is 2.67. The summed E-state index contributed by atoms with van der Waals surface area (Å²) in [4.78, 5) is 20.4. The zero-order valence-electron chi connectivity index (χ0n) is 15.5. The van der Waals surface area contributed by atoms with E-state index in [1.165, 1.54) is 30.1 Å². The molecule has 0 spiro atoms. The molecule has 0 radical (unpaired) electrons. The Hall–Kier alpha value is -4.01. The SMILES string of the molecule is COc1cnc(-n2ncc3c(C(N)=O)cccc32)nc1NCc1cccc(F)c1. The first kappa shape index (κ1) is 18.4. The Bertz CT molecular complexity index is 1210. The van der Waals surface area contributed by atoms with Gasteiger partial charge in [-0.1, -0.05) is 18.2 Å². The summed E-state index contributed by atoms with van der Waals surface area (Å²) in [6, 6.07) is 11.4. The lowest BCUT2D eigenvalue weighted by Gasteiger charge is -2.12. The number of aromatic nitrogens is 4. The lowest BCUT2D eigenvalue weighted by molar-refractivity contribution is 0.100. The van der Waals surface area contributed by atoms with E-state index in [1.807, 2.05) is 0 Å². The molecule has 4 rings (SSSR count). The minimum absolute atomic E-state index is 0.282. The largest absolute Gasteiger partial charge is 0.491 e. The van der Waals surface area contributed by atoms with Gasteiger partial charge in [0.2, 0.25) is 5.91 Å². The lowest BCUT2D eigenvalue weighted by atomic mass is 10.1. The molecular formula is C20H17FN6O2. The molecule has 9 heteroatoms. The second-order valence-corrected chi connectivity index (χ2v) is 6.23. The fraction of sp³-hybridized carbons (Fsp3) is 0.100. The molecule has 0 saturated carbocycles. The van der Waals surface area contributed by atoms with Gasteiger partial charge in [-0.2, -0.15) is 14.8 Å². The van der Waals surface area contributed by atoms with Crippen molar-refractivity contribution in [3.8, 4) is 11.7 Å². The van der Waals surface area contributed by atoms with Gasteiger partial charge in [0, 0.05) is 11.9 Å². The van der Waals surface area contributed by atoms with Gasteiger partial charge in [-0.05, 0) is 29.8 Å². The molecule has 0 atom stereocenters. The molecule has 146 valence electrons. The van der Waals surface area contributed by atoms with Crippen molar-refractivity contribution in [3.63, 3.8) is 0 Å². The third-order valence-corrected chi connectivity index (χ3v) is 4.38. The zero-order chi connectivity index (χ0) is 20.4. The van der Waals surface area contributed by atoms with Crippen molar-refractivity contribution in [2.24, 2.45) is 5.73 Å². The monoisotopic (exact) mass is 392 g/mol. The number of amides is 1. The average Bonchev–Trinajstić information content (AvgIpc) is 3.16. The predicted molar refractivity (Wildman–Crippen MR) is 105 cm³/mol. The number of nitrogens with two attached hydrogens (primary N) is 1. The van der Waals surface area contributed by atoms with E-state index < -0.39 is 5.91 Å². The molecule has 29 heavy (non-hydrogen) atoms. The number of fused-ring (bicyclic) bond motifs is 1. The van der Waals surface area contributed by atoms with Gasteiger partial charge in [0.25, 0.3) is 5.95 Å². The minimum Gasteiger partial charge on any atom is -0.491 e. The summed E-state index contributed by atoms with van der Waals surface area (Å²) in [6.07, 6.45) is 3.06. The molecule has 1 amide bonds. The average molecular weight is 392 g/mol. The van der Waals surface area contributed by atoms with E-state index in [-0.39, 0.29) is 11.8 Å². The number of hydrogen-bond acceptors (Lipinski definition) is 6. The van der Waals surface area contributed by atoms with Gasteiger partial charge in [0.1, 0.15) is 5.82 Å². The molecule has 0 saturated heterocycles. The number of anilines is 1. The fourth-order valence-electron chi connectivity index (χ4n) is 3.00. The summed E-state index contributed by atoms with van der Waals surface area (Å²) in [6.45, 7) is 0.344. The number of ether oxygens (including phenoxy) is 1. The highest BCUT2D eigenvalue weighted by molar-refractivity contribution is 6.05. The standard InChI is InChI=1S/C20H17FN6O2/c1-29-17-11-24-20(26-19(17)23-9-12-4-2-5-13(21)8-12)27-16-7-3-6-14(18(22)28)15(16)10-25-27/h2-8,10-11H,9H2,1H3,(H2,22,28)(H,23,24,26). The van der Waals surface area contributed by atoms with Gasteiger partial charge >= 0.3 is 0 Å². The van der Waals surface area contributed by atoms with Crippen molar-refractivity contribution in [2.45, 2.75) is 6.54 Å². The Kier molecular flexibility index (Phi) is 4.78. The minimum atomic E-state index is -0.539. The van der Waals surface area contributed by atoms with E-state index in [0.29, 0.717) is 34.6 Å². The maximum Gasteiger partial charge on any atom is 0.253 e. The Morgan fingerprint density at radius 2 is 2.07 bits per heavy atom. The van der Waals surface area contributed by atoms with Crippen molar-refractivity contribution >= 4 is 22.6 Å². The van der Waals surface area contributed by atoms with Gasteiger partial charge in [-0.3, -0.25) is 4.79 Å². The second kappa shape index (κ2) is 7.55. The van der Waals surface area contributed by atoms with E-state index in [9.17, 15) is 9.18 Å². The van der Waals surface area contributed by atoms with Crippen LogP contribution in [-0.4, -0.2) is 32.8 Å². The topological polar surface area (TPSA) is 108 Å². The molecule has 4 aromatic rings. The summed E-state index contributed by atoms with van der Waals surface area (Å²) in [5.41, 5.74) is 7.20. The van der Waals surface area contributed by atoms with Crippen LogP contribution in [0.1, 0.15) is 15.9 Å². The third kappa shape index (κ3) is 3.57. The van der Waals surface area contributed by atoms with Crippen LogP contribution in [0, 0.1) is 5.82 Å². The van der Waals surface area contributed by atoms with Gasteiger partial charge < -0.3 is 15.8 Å². The molecule has 0 fully saturated rings. The normalized spacial score (nSPS) is 10.8. The van der Waals surface area contributed by atoms with Crippen LogP contribution in [0.2, 0.25) is 0 Å². The van der Waals surface area contributed by atoms with Crippen LogP contribution in [0.15, 0.2) is 54.9 Å². The van der Waals surface area contributed by atoms with E-state index in [2.05, 4.69) is 20.4 Å². The third-order valence-electron chi connectivity index (χ3n) is 4.38. The molecule has 2 aromatic heterocycles. The molecule has 2 heterocycles. The summed E-state index contributed by atoms with van der Waals surface area (Å²) in [5.74, 6) is 0.288. The van der Waals surface area contributed by atoms with Crippen molar-refractivity contribution in [2.75, 3.05) is 12.4 Å². The summed E-state index contributed by atoms with van der Waals surface area (Å²) in [7, 11) is 1.51. The molecule has 0 aliphatic heterocycles. The molecule has 0 aliphatic carbocycles. The highest BCUT2D eigenvalue weighted by Crippen LogP contribution is 2.25. The van der Waals surface area contributed by atoms with Crippen LogP contribution in [0.4, 0.5) is 10.2 Å². The smallest absolute Gasteiger partial charge is 0.253 e. The van der Waals surface area contributed by atoms with Crippen LogP contribution in [0.25, 0.3) is 16.9 Å². The Labute approximate surface area is 165 Å². The molecule has 3 N–H and O–H groups in total. The lowest BCUT2D eigenvalue weighted by Crippen LogP contribution is -2.11. The summed E-state index contributed by atoms with van der Waals surface area (Å²) < 4.78 is 20.2. The van der Waals surface area contributed by atoms with Crippen LogP contribution >= 0.6 is 0 Å². The Morgan fingerprint density at radius 3 is 2.83 bits per heavy atom. The molecule has 2 aromatic carbocycles. The Morgan fingerprint density at radius 1 is 1.24 bits per heavy atom. The number of primary amides is 1. The first-order valence-electron chi connectivity index (χ1n) is 8.73. The number of halogens is 1. The number of nitrogens with one attached hydrogen (secondary N) is 1. The molecule has 0 unspecified atom stereocenters. The quantitative estimate of drug-likeness (QED) is 0.522. The van der Waals surface area contributed by atoms with Crippen LogP contribution < -0.4 is 15.8 Å². The molecular weight excluding hydrogens is 375 g/mol. The van der Waals surface area contributed by atoms with Crippen molar-refractivity contribution in [3.05, 3.63) is 71.8 Å². The van der Waals surface area contributed by atoms with Crippen molar-refractivity contribution < 1.29 is 13.9 Å².